The number of nitrogens with zero attached hydrogens (tertiary/aromatic N) is 4. The minimum Gasteiger partial charge on any atom is -0.464 e. The Bertz CT molecular complexity index is 2410. The molecule has 4 aliphatic rings. The Kier molecular flexibility index (Phi) is 9.05. The van der Waals surface area contributed by atoms with Crippen molar-refractivity contribution in [3.8, 4) is 28.3 Å². The molecule has 5 aromatic rings. The average molecular weight is 799 g/mol. The third-order valence-electron chi connectivity index (χ3n) is 12.1. The van der Waals surface area contributed by atoms with Crippen molar-refractivity contribution in [2.24, 2.45) is 5.92 Å². The summed E-state index contributed by atoms with van der Waals surface area (Å²) in [6.45, 7) is 12.1. The number of hydrogen-bond donors (Lipinski definition) is 2. The predicted molar refractivity (Wildman–Crippen MR) is 211 cm³/mol. The Labute approximate surface area is 333 Å². The molecule has 2 saturated heterocycles. The van der Waals surface area contributed by atoms with Crippen LogP contribution in [0.3, 0.4) is 0 Å². The van der Waals surface area contributed by atoms with Crippen LogP contribution in [-0.4, -0.2) is 74.4 Å². The maximum atomic E-state index is 17.1. The lowest BCUT2D eigenvalue weighted by atomic mass is 9.78. The van der Waals surface area contributed by atoms with E-state index in [1.165, 1.54) is 24.5 Å². The van der Waals surface area contributed by atoms with E-state index in [-0.39, 0.29) is 34.9 Å². The zero-order valence-corrected chi connectivity index (χ0v) is 33.8. The van der Waals surface area contributed by atoms with Gasteiger partial charge < -0.3 is 34.0 Å². The fraction of sp³-hybridized carbons (Fsp3) is 0.463. The van der Waals surface area contributed by atoms with Crippen molar-refractivity contribution in [1.29, 1.82) is 0 Å². The van der Waals surface area contributed by atoms with E-state index in [4.69, 9.17) is 23.8 Å². The molecular formula is C41H45BF2N6O6S. The number of carbonyl (C=O) groups is 2. The van der Waals surface area contributed by atoms with E-state index in [2.05, 4.69) is 15.3 Å². The summed E-state index contributed by atoms with van der Waals surface area (Å²) in [6.07, 6.45) is 5.44. The van der Waals surface area contributed by atoms with Gasteiger partial charge >= 0.3 is 13.2 Å². The van der Waals surface area contributed by atoms with Crippen LogP contribution in [-0.2, 0) is 18.8 Å². The lowest BCUT2D eigenvalue weighted by molar-refractivity contribution is -0.135. The molecule has 1 aliphatic carbocycles. The molecule has 2 amide bonds. The van der Waals surface area contributed by atoms with Crippen LogP contribution in [0.2, 0.25) is 0 Å². The molecule has 12 nitrogen and oxygen atoms in total. The Hall–Kier alpha value is -4.80. The van der Waals surface area contributed by atoms with Gasteiger partial charge in [0, 0.05) is 29.6 Å². The SMILES string of the molecule is COC(=O)N[C@H](C(=O)N1CCC[C@H]1c1ncc(-c2cc(F)c3c(c2)OC(c2cnc(C4CC4)s2)n2c-3c(F)c3cc(B4OC(C)(C)C(C)(C)O4)ccc32)[nH]1)C(C)C. The number of imidazole rings is 1. The molecule has 2 N–H and O–H groups in total. The smallest absolute Gasteiger partial charge is 0.464 e. The van der Waals surface area contributed by atoms with Crippen LogP contribution >= 0.6 is 11.3 Å². The van der Waals surface area contributed by atoms with Gasteiger partial charge in [0.15, 0.2) is 5.82 Å². The number of nitrogens with one attached hydrogen (secondary N) is 2. The molecule has 3 atom stereocenters. The molecule has 16 heteroatoms. The summed E-state index contributed by atoms with van der Waals surface area (Å²) in [7, 11) is 0.549. The number of alkyl carbamates (subject to hydrolysis) is 1. The molecule has 1 saturated carbocycles. The minimum atomic E-state index is -0.815. The lowest BCUT2D eigenvalue weighted by Crippen LogP contribution is -2.51. The molecule has 2 aromatic carbocycles. The molecule has 0 spiro atoms. The minimum absolute atomic E-state index is 0.0120. The maximum Gasteiger partial charge on any atom is 0.494 e. The number of carbonyl (C=O) groups excluding carboxylic acids is 2. The molecule has 298 valence electrons. The molecule has 0 bridgehead atoms. The van der Waals surface area contributed by atoms with Gasteiger partial charge in [0.05, 0.1) is 62.9 Å². The monoisotopic (exact) mass is 798 g/mol. The number of methoxy groups -OCH3 is 1. The van der Waals surface area contributed by atoms with Crippen LogP contribution in [0, 0.1) is 17.6 Å². The molecule has 9 rings (SSSR count). The quantitative estimate of drug-likeness (QED) is 0.154. The second-order valence-corrected chi connectivity index (χ2v) is 17.9. The molecule has 0 radical (unpaired) electrons. The molecule has 1 unspecified atom stereocenters. The number of fused-ring (bicyclic) bond motifs is 5. The van der Waals surface area contributed by atoms with E-state index in [0.29, 0.717) is 52.3 Å². The summed E-state index contributed by atoms with van der Waals surface area (Å²) in [5, 5.41) is 3.97. The van der Waals surface area contributed by atoms with E-state index >= 15 is 8.78 Å². The Morgan fingerprint density at radius 1 is 1.05 bits per heavy atom. The maximum absolute atomic E-state index is 17.1. The van der Waals surface area contributed by atoms with Gasteiger partial charge in [0.1, 0.15) is 23.4 Å². The number of halogens is 2. The predicted octanol–water partition coefficient (Wildman–Crippen LogP) is 7.59. The van der Waals surface area contributed by atoms with Crippen LogP contribution in [0.5, 0.6) is 5.75 Å². The molecule has 3 fully saturated rings. The number of ether oxygens (including phenoxy) is 2. The van der Waals surface area contributed by atoms with Gasteiger partial charge in [-0.05, 0) is 83.0 Å². The van der Waals surface area contributed by atoms with Crippen LogP contribution < -0.4 is 15.5 Å². The molecule has 3 aliphatic heterocycles. The first-order valence-electron chi connectivity index (χ1n) is 19.5. The van der Waals surface area contributed by atoms with Crippen molar-refractivity contribution in [3.63, 3.8) is 0 Å². The second kappa shape index (κ2) is 13.7. The number of rotatable bonds is 8. The summed E-state index contributed by atoms with van der Waals surface area (Å²) in [5.41, 5.74) is 1.07. The Balaban J connectivity index is 1.09. The summed E-state index contributed by atoms with van der Waals surface area (Å²) < 4.78 is 59.5. The van der Waals surface area contributed by atoms with Crippen molar-refractivity contribution < 1.29 is 37.2 Å². The average Bonchev–Trinajstić information content (AvgIpc) is 3.58. The van der Waals surface area contributed by atoms with Gasteiger partial charge in [0.2, 0.25) is 12.1 Å². The summed E-state index contributed by atoms with van der Waals surface area (Å²) >= 11 is 1.53. The van der Waals surface area contributed by atoms with Crippen LogP contribution in [0.1, 0.15) is 101 Å². The molecular weight excluding hydrogens is 753 g/mol. The van der Waals surface area contributed by atoms with Gasteiger partial charge in [-0.15, -0.1) is 11.3 Å². The normalized spacial score (nSPS) is 21.4. The topological polar surface area (TPSA) is 133 Å². The number of hydrogen-bond acceptors (Lipinski definition) is 9. The lowest BCUT2D eigenvalue weighted by Gasteiger charge is -2.32. The number of likely N-dealkylation sites (tertiary alicyclic amines) is 1. The Morgan fingerprint density at radius 2 is 1.81 bits per heavy atom. The van der Waals surface area contributed by atoms with E-state index in [9.17, 15) is 9.59 Å². The van der Waals surface area contributed by atoms with Crippen LogP contribution in [0.15, 0.2) is 42.7 Å². The number of amides is 2. The largest absolute Gasteiger partial charge is 0.494 e. The number of aromatic amines is 1. The number of H-pyrrole nitrogens is 1. The highest BCUT2D eigenvalue weighted by Crippen LogP contribution is 2.50. The third-order valence-corrected chi connectivity index (χ3v) is 13.3. The van der Waals surface area contributed by atoms with Crippen molar-refractivity contribution in [2.75, 3.05) is 13.7 Å². The first kappa shape index (κ1) is 37.8. The third kappa shape index (κ3) is 6.31. The van der Waals surface area contributed by atoms with Crippen molar-refractivity contribution in [2.45, 2.75) is 103 Å². The van der Waals surface area contributed by atoms with Crippen LogP contribution in [0.4, 0.5) is 13.6 Å². The van der Waals surface area contributed by atoms with E-state index in [1.54, 1.807) is 34.0 Å². The summed E-state index contributed by atoms with van der Waals surface area (Å²) in [5.74, 6) is -0.534. The Morgan fingerprint density at radius 3 is 2.51 bits per heavy atom. The first-order valence-corrected chi connectivity index (χ1v) is 20.3. The zero-order valence-electron chi connectivity index (χ0n) is 32.9. The van der Waals surface area contributed by atoms with E-state index < -0.39 is 48.3 Å². The highest BCUT2D eigenvalue weighted by molar-refractivity contribution is 7.11. The molecule has 57 heavy (non-hydrogen) atoms. The van der Waals surface area contributed by atoms with E-state index in [0.717, 1.165) is 29.1 Å². The summed E-state index contributed by atoms with van der Waals surface area (Å²) in [4.78, 5) is 40.9. The van der Waals surface area contributed by atoms with Gasteiger partial charge in [-0.3, -0.25) is 9.36 Å². The fourth-order valence-electron chi connectivity index (χ4n) is 8.09. The van der Waals surface area contributed by atoms with Gasteiger partial charge in [-0.2, -0.15) is 0 Å². The van der Waals surface area contributed by atoms with Gasteiger partial charge in [-0.25, -0.2) is 23.5 Å². The second-order valence-electron chi connectivity index (χ2n) is 16.8. The first-order chi connectivity index (χ1) is 27.2. The zero-order chi connectivity index (χ0) is 40.1. The van der Waals surface area contributed by atoms with Crippen molar-refractivity contribution in [3.05, 3.63) is 70.1 Å². The standard InChI is InChI=1S/C41H45BF2N6O6S/c1-20(2)33(48-39(52)53-7)37(51)49-14-8-9-28(49)35-45-18-26(47-35)22-15-25(43)31-29(16-22)54-38(30-19-46-36(57-30)21-10-11-21)50-27-13-12-23(17-24(27)32(44)34(31)50)42-55-40(3,4)41(5,6)56-42/h12-13,15-21,28,33,38H,8-11,14H2,1-7H3,(H,45,47)(H,48,52)/t28-,33-,38?/m0/s1. The highest BCUT2D eigenvalue weighted by atomic mass is 32.1. The van der Waals surface area contributed by atoms with E-state index in [1.807, 2.05) is 53.7 Å². The summed E-state index contributed by atoms with van der Waals surface area (Å²) in [6, 6.07) is 7.29. The van der Waals surface area contributed by atoms with Crippen LogP contribution in [0.25, 0.3) is 33.4 Å². The van der Waals surface area contributed by atoms with Crippen molar-refractivity contribution in [1.82, 2.24) is 29.7 Å². The van der Waals surface area contributed by atoms with Crippen molar-refractivity contribution >= 4 is 46.8 Å². The number of thiazole rings is 1. The number of benzene rings is 2. The fourth-order valence-corrected chi connectivity index (χ4v) is 9.20. The molecule has 6 heterocycles. The van der Waals surface area contributed by atoms with Gasteiger partial charge in [0.25, 0.3) is 0 Å². The molecule has 3 aromatic heterocycles. The highest BCUT2D eigenvalue weighted by Gasteiger charge is 2.52. The van der Waals surface area contributed by atoms with Gasteiger partial charge in [-0.1, -0.05) is 26.0 Å². The number of aromatic nitrogens is 4.